The Kier molecular flexibility index (Phi) is 6.82. The van der Waals surface area contributed by atoms with E-state index in [-0.39, 0.29) is 11.7 Å². The quantitative estimate of drug-likeness (QED) is 0.685. The first-order valence-electron chi connectivity index (χ1n) is 7.43. The molecule has 0 aromatic heterocycles. The molecule has 0 saturated carbocycles. The van der Waals surface area contributed by atoms with Crippen LogP contribution in [0.25, 0.3) is 0 Å². The number of ether oxygens (including phenoxy) is 1. The van der Waals surface area contributed by atoms with E-state index in [0.717, 1.165) is 18.4 Å². The van der Waals surface area contributed by atoms with Gasteiger partial charge in [-0.3, -0.25) is 4.79 Å². The van der Waals surface area contributed by atoms with Crippen molar-refractivity contribution in [2.24, 2.45) is 5.41 Å². The van der Waals surface area contributed by atoms with Gasteiger partial charge in [0, 0.05) is 32.2 Å². The van der Waals surface area contributed by atoms with Crippen LogP contribution in [0.5, 0.6) is 0 Å². The molecule has 0 heterocycles. The van der Waals surface area contributed by atoms with E-state index >= 15 is 0 Å². The van der Waals surface area contributed by atoms with Crippen molar-refractivity contribution in [1.82, 2.24) is 4.90 Å². The van der Waals surface area contributed by atoms with Crippen molar-refractivity contribution in [2.45, 2.75) is 40.2 Å². The maximum absolute atomic E-state index is 13.3. The molecule has 3 nitrogen and oxygen atoms in total. The molecule has 0 bridgehead atoms. The van der Waals surface area contributed by atoms with Gasteiger partial charge >= 0.3 is 0 Å². The van der Waals surface area contributed by atoms with Crippen LogP contribution < -0.4 is 0 Å². The number of halogens is 1. The molecule has 4 heteroatoms. The zero-order chi connectivity index (χ0) is 15.9. The highest BCUT2D eigenvalue weighted by molar-refractivity contribution is 5.81. The molecule has 0 aliphatic carbocycles. The average molecular weight is 295 g/mol. The molecule has 0 aliphatic heterocycles. The van der Waals surface area contributed by atoms with Crippen molar-refractivity contribution in [1.29, 1.82) is 0 Å². The van der Waals surface area contributed by atoms with Gasteiger partial charge in [-0.25, -0.2) is 4.39 Å². The maximum atomic E-state index is 13.3. The standard InChI is InChI=1S/C17H26FNO2/c1-5-17(2,3)16(20)19(10-7-11-21-4)13-14-8-6-9-15(18)12-14/h6,8-9,12H,5,7,10-11,13H2,1-4H3. The Balaban J connectivity index is 2.84. The Hall–Kier alpha value is -1.42. The van der Waals surface area contributed by atoms with Gasteiger partial charge < -0.3 is 9.64 Å². The molecule has 1 aromatic carbocycles. The van der Waals surface area contributed by atoms with Crippen LogP contribution in [0, 0.1) is 11.2 Å². The topological polar surface area (TPSA) is 29.5 Å². The highest BCUT2D eigenvalue weighted by Gasteiger charge is 2.30. The Morgan fingerprint density at radius 1 is 1.38 bits per heavy atom. The molecule has 118 valence electrons. The first-order chi connectivity index (χ1) is 9.90. The minimum atomic E-state index is -0.402. The highest BCUT2D eigenvalue weighted by atomic mass is 19.1. The van der Waals surface area contributed by atoms with E-state index < -0.39 is 5.41 Å². The summed E-state index contributed by atoms with van der Waals surface area (Å²) in [6.45, 7) is 7.57. The molecule has 0 spiro atoms. The fourth-order valence-corrected chi connectivity index (χ4v) is 2.09. The number of carbonyl (C=O) groups excluding carboxylic acids is 1. The van der Waals surface area contributed by atoms with Crippen molar-refractivity contribution >= 4 is 5.91 Å². The third-order valence-corrected chi connectivity index (χ3v) is 3.79. The summed E-state index contributed by atoms with van der Waals surface area (Å²) in [5.74, 6) is -0.170. The van der Waals surface area contributed by atoms with Crippen LogP contribution in [0.1, 0.15) is 39.2 Å². The second kappa shape index (κ2) is 8.13. The van der Waals surface area contributed by atoms with Gasteiger partial charge in [-0.15, -0.1) is 0 Å². The minimum Gasteiger partial charge on any atom is -0.385 e. The van der Waals surface area contributed by atoms with E-state index in [1.807, 2.05) is 26.8 Å². The molecule has 1 rings (SSSR count). The van der Waals surface area contributed by atoms with Crippen LogP contribution >= 0.6 is 0 Å². The fourth-order valence-electron chi connectivity index (χ4n) is 2.09. The normalized spacial score (nSPS) is 11.5. The molecule has 0 atom stereocenters. The van der Waals surface area contributed by atoms with Gasteiger partial charge in [0.2, 0.25) is 5.91 Å². The van der Waals surface area contributed by atoms with Crippen LogP contribution in [0.2, 0.25) is 0 Å². The van der Waals surface area contributed by atoms with Gasteiger partial charge in [-0.2, -0.15) is 0 Å². The molecular weight excluding hydrogens is 269 g/mol. The molecule has 0 unspecified atom stereocenters. The second-order valence-electron chi connectivity index (χ2n) is 5.94. The van der Waals surface area contributed by atoms with Gasteiger partial charge in [0.25, 0.3) is 0 Å². The summed E-state index contributed by atoms with van der Waals surface area (Å²) in [5.41, 5.74) is 0.410. The highest BCUT2D eigenvalue weighted by Crippen LogP contribution is 2.24. The summed E-state index contributed by atoms with van der Waals surface area (Å²) < 4.78 is 18.4. The molecule has 0 radical (unpaired) electrons. The van der Waals surface area contributed by atoms with Crippen molar-refractivity contribution in [3.63, 3.8) is 0 Å². The van der Waals surface area contributed by atoms with Crippen LogP contribution in [0.15, 0.2) is 24.3 Å². The van der Waals surface area contributed by atoms with Crippen molar-refractivity contribution in [3.05, 3.63) is 35.6 Å². The number of rotatable bonds is 8. The Labute approximate surface area is 127 Å². The molecule has 1 amide bonds. The van der Waals surface area contributed by atoms with Crippen molar-refractivity contribution < 1.29 is 13.9 Å². The monoisotopic (exact) mass is 295 g/mol. The number of benzene rings is 1. The first-order valence-corrected chi connectivity index (χ1v) is 7.43. The number of hydrogen-bond donors (Lipinski definition) is 0. The Morgan fingerprint density at radius 3 is 2.67 bits per heavy atom. The Morgan fingerprint density at radius 2 is 2.10 bits per heavy atom. The van der Waals surface area contributed by atoms with E-state index in [9.17, 15) is 9.18 Å². The summed E-state index contributed by atoms with van der Waals surface area (Å²) in [7, 11) is 1.65. The molecule has 21 heavy (non-hydrogen) atoms. The van der Waals surface area contributed by atoms with Crippen molar-refractivity contribution in [3.8, 4) is 0 Å². The number of carbonyl (C=O) groups is 1. The predicted molar refractivity (Wildman–Crippen MR) is 82.4 cm³/mol. The number of nitrogens with zero attached hydrogens (tertiary/aromatic N) is 1. The van der Waals surface area contributed by atoms with E-state index in [4.69, 9.17) is 4.74 Å². The first kappa shape index (κ1) is 17.6. The van der Waals surface area contributed by atoms with Crippen LogP contribution in [0.3, 0.4) is 0 Å². The maximum Gasteiger partial charge on any atom is 0.228 e. The second-order valence-corrected chi connectivity index (χ2v) is 5.94. The molecule has 0 N–H and O–H groups in total. The largest absolute Gasteiger partial charge is 0.385 e. The number of amides is 1. The fraction of sp³-hybridized carbons (Fsp3) is 0.588. The van der Waals surface area contributed by atoms with Crippen LogP contribution in [-0.2, 0) is 16.1 Å². The number of methoxy groups -OCH3 is 1. The molecule has 0 aliphatic rings. The summed E-state index contributed by atoms with van der Waals surface area (Å²) in [6.07, 6.45) is 1.55. The smallest absolute Gasteiger partial charge is 0.228 e. The summed E-state index contributed by atoms with van der Waals surface area (Å²) in [5, 5.41) is 0. The zero-order valence-corrected chi connectivity index (χ0v) is 13.5. The minimum absolute atomic E-state index is 0.102. The number of hydrogen-bond acceptors (Lipinski definition) is 2. The lowest BCUT2D eigenvalue weighted by Crippen LogP contribution is -2.41. The SMILES string of the molecule is CCC(C)(C)C(=O)N(CCCOC)Cc1cccc(F)c1. The molecular formula is C17H26FNO2. The average Bonchev–Trinajstić information content (AvgIpc) is 2.45. The van der Waals surface area contributed by atoms with Gasteiger partial charge in [0.05, 0.1) is 0 Å². The van der Waals surface area contributed by atoms with E-state index in [0.29, 0.717) is 19.7 Å². The van der Waals surface area contributed by atoms with E-state index in [1.54, 1.807) is 18.1 Å². The Bertz CT molecular complexity index is 460. The lowest BCUT2D eigenvalue weighted by Gasteiger charge is -2.31. The lowest BCUT2D eigenvalue weighted by atomic mass is 9.88. The van der Waals surface area contributed by atoms with Gasteiger partial charge in [-0.05, 0) is 30.5 Å². The third kappa shape index (κ3) is 5.46. The van der Waals surface area contributed by atoms with E-state index in [1.165, 1.54) is 12.1 Å². The summed E-state index contributed by atoms with van der Waals surface area (Å²) >= 11 is 0. The van der Waals surface area contributed by atoms with Gasteiger partial charge in [-0.1, -0.05) is 32.9 Å². The van der Waals surface area contributed by atoms with Crippen LogP contribution in [0.4, 0.5) is 4.39 Å². The van der Waals surface area contributed by atoms with Crippen LogP contribution in [-0.4, -0.2) is 31.1 Å². The van der Waals surface area contributed by atoms with Crippen molar-refractivity contribution in [2.75, 3.05) is 20.3 Å². The van der Waals surface area contributed by atoms with Gasteiger partial charge in [0.15, 0.2) is 0 Å². The zero-order valence-electron chi connectivity index (χ0n) is 13.5. The summed E-state index contributed by atoms with van der Waals surface area (Å²) in [6, 6.07) is 6.41. The lowest BCUT2D eigenvalue weighted by molar-refractivity contribution is -0.141. The van der Waals surface area contributed by atoms with E-state index in [2.05, 4.69) is 0 Å². The summed E-state index contributed by atoms with van der Waals surface area (Å²) in [4.78, 5) is 14.5. The third-order valence-electron chi connectivity index (χ3n) is 3.79. The molecule has 1 aromatic rings. The molecule has 0 fully saturated rings. The van der Waals surface area contributed by atoms with Gasteiger partial charge in [0.1, 0.15) is 5.82 Å². The molecule has 0 saturated heterocycles. The predicted octanol–water partition coefficient (Wildman–Crippen LogP) is 3.63.